The van der Waals surface area contributed by atoms with Crippen LogP contribution in [0.1, 0.15) is 13.8 Å². The highest BCUT2D eigenvalue weighted by atomic mass is 16.6. The Balaban J connectivity index is 3.61. The van der Waals surface area contributed by atoms with Crippen molar-refractivity contribution in [2.75, 3.05) is 6.54 Å². The minimum Gasteiger partial charge on any atom is -0.447 e. The lowest BCUT2D eigenvalue weighted by molar-refractivity contribution is -0.148. The fraction of sp³-hybridized carbons (Fsp3) is 0.833. The van der Waals surface area contributed by atoms with E-state index < -0.39 is 6.23 Å². The molecular weight excluding hydrogens is 132 g/mol. The third kappa shape index (κ3) is 3.42. The van der Waals surface area contributed by atoms with E-state index in [1.54, 1.807) is 0 Å². The molecule has 60 valence electrons. The van der Waals surface area contributed by atoms with Gasteiger partial charge in [-0.3, -0.25) is 10.5 Å². The van der Waals surface area contributed by atoms with E-state index in [2.05, 4.69) is 4.74 Å². The standard InChI is InChI=1S/C6H14N2O2/c1-4(3-7)6(8)10-5(2)9/h4,6H,3,7-8H2,1-2H3. The zero-order valence-corrected chi connectivity index (χ0v) is 6.33. The first kappa shape index (κ1) is 9.39. The molecule has 0 aliphatic carbocycles. The molecular formula is C6H14N2O2. The Kier molecular flexibility index (Phi) is 3.99. The van der Waals surface area contributed by atoms with Crippen molar-refractivity contribution in [2.24, 2.45) is 17.4 Å². The molecule has 0 bridgehead atoms. The summed E-state index contributed by atoms with van der Waals surface area (Å²) in [4.78, 5) is 10.3. The van der Waals surface area contributed by atoms with Gasteiger partial charge < -0.3 is 10.5 Å². The number of ether oxygens (including phenoxy) is 1. The Hall–Kier alpha value is -0.610. The van der Waals surface area contributed by atoms with Gasteiger partial charge in [-0.15, -0.1) is 0 Å². The quantitative estimate of drug-likeness (QED) is 0.413. The summed E-state index contributed by atoms with van der Waals surface area (Å²) in [5.74, 6) is -0.350. The van der Waals surface area contributed by atoms with Gasteiger partial charge in [0.15, 0.2) is 6.23 Å². The number of esters is 1. The Labute approximate surface area is 60.5 Å². The molecule has 0 aromatic carbocycles. The zero-order valence-electron chi connectivity index (χ0n) is 6.33. The van der Waals surface area contributed by atoms with Crippen LogP contribution in [-0.2, 0) is 9.53 Å². The molecule has 0 aliphatic heterocycles. The first-order valence-electron chi connectivity index (χ1n) is 3.20. The second kappa shape index (κ2) is 4.24. The van der Waals surface area contributed by atoms with Gasteiger partial charge >= 0.3 is 5.97 Å². The second-order valence-corrected chi connectivity index (χ2v) is 2.29. The monoisotopic (exact) mass is 146 g/mol. The number of nitrogens with two attached hydrogens (primary N) is 2. The van der Waals surface area contributed by atoms with E-state index in [0.29, 0.717) is 6.54 Å². The minimum atomic E-state index is -0.567. The predicted octanol–water partition coefficient (Wildman–Crippen LogP) is -0.571. The molecule has 2 atom stereocenters. The number of hydrogen-bond acceptors (Lipinski definition) is 4. The highest BCUT2D eigenvalue weighted by Gasteiger charge is 2.12. The van der Waals surface area contributed by atoms with Crippen molar-refractivity contribution in [3.8, 4) is 0 Å². The Morgan fingerprint density at radius 2 is 2.20 bits per heavy atom. The molecule has 4 nitrogen and oxygen atoms in total. The van der Waals surface area contributed by atoms with Crippen molar-refractivity contribution >= 4 is 5.97 Å². The molecule has 0 aliphatic rings. The summed E-state index contributed by atoms with van der Waals surface area (Å²) >= 11 is 0. The van der Waals surface area contributed by atoms with Gasteiger partial charge in [0, 0.05) is 12.8 Å². The van der Waals surface area contributed by atoms with E-state index in [1.165, 1.54) is 6.92 Å². The van der Waals surface area contributed by atoms with Crippen molar-refractivity contribution < 1.29 is 9.53 Å². The smallest absolute Gasteiger partial charge is 0.304 e. The Morgan fingerprint density at radius 3 is 2.50 bits per heavy atom. The first-order valence-corrected chi connectivity index (χ1v) is 3.20. The van der Waals surface area contributed by atoms with Gasteiger partial charge in [0.25, 0.3) is 0 Å². The van der Waals surface area contributed by atoms with Crippen LogP contribution >= 0.6 is 0 Å². The molecule has 4 heteroatoms. The number of carbonyl (C=O) groups is 1. The minimum absolute atomic E-state index is 0.0175. The van der Waals surface area contributed by atoms with Gasteiger partial charge in [0.05, 0.1) is 0 Å². The van der Waals surface area contributed by atoms with Crippen molar-refractivity contribution in [2.45, 2.75) is 20.1 Å². The molecule has 0 saturated carbocycles. The van der Waals surface area contributed by atoms with Crippen LogP contribution in [0.25, 0.3) is 0 Å². The van der Waals surface area contributed by atoms with Gasteiger partial charge in [-0.05, 0) is 6.54 Å². The largest absolute Gasteiger partial charge is 0.447 e. The lowest BCUT2D eigenvalue weighted by Gasteiger charge is -2.16. The molecule has 0 amide bonds. The average molecular weight is 146 g/mol. The fourth-order valence-corrected chi connectivity index (χ4v) is 0.442. The van der Waals surface area contributed by atoms with E-state index in [9.17, 15) is 4.79 Å². The highest BCUT2D eigenvalue weighted by Crippen LogP contribution is 1.98. The molecule has 10 heavy (non-hydrogen) atoms. The van der Waals surface area contributed by atoms with Gasteiger partial charge in [0.2, 0.25) is 0 Å². The van der Waals surface area contributed by atoms with Gasteiger partial charge in [0.1, 0.15) is 0 Å². The molecule has 0 heterocycles. The summed E-state index contributed by atoms with van der Waals surface area (Å²) in [6.07, 6.45) is -0.567. The average Bonchev–Trinajstić information content (AvgIpc) is 1.85. The summed E-state index contributed by atoms with van der Waals surface area (Å²) in [5.41, 5.74) is 10.7. The van der Waals surface area contributed by atoms with E-state index in [1.807, 2.05) is 6.92 Å². The van der Waals surface area contributed by atoms with Crippen LogP contribution < -0.4 is 11.5 Å². The van der Waals surface area contributed by atoms with Gasteiger partial charge in [-0.2, -0.15) is 0 Å². The molecule has 4 N–H and O–H groups in total. The van der Waals surface area contributed by atoms with E-state index in [-0.39, 0.29) is 11.9 Å². The van der Waals surface area contributed by atoms with Crippen molar-refractivity contribution in [3.05, 3.63) is 0 Å². The van der Waals surface area contributed by atoms with Crippen LogP contribution in [0.4, 0.5) is 0 Å². The summed E-state index contributed by atoms with van der Waals surface area (Å²) in [7, 11) is 0. The summed E-state index contributed by atoms with van der Waals surface area (Å²) < 4.78 is 4.66. The second-order valence-electron chi connectivity index (χ2n) is 2.29. The third-order valence-corrected chi connectivity index (χ3v) is 1.23. The highest BCUT2D eigenvalue weighted by molar-refractivity contribution is 5.66. The molecule has 0 fully saturated rings. The number of carbonyl (C=O) groups excluding carboxylic acids is 1. The molecule has 0 rings (SSSR count). The van der Waals surface area contributed by atoms with Crippen molar-refractivity contribution in [3.63, 3.8) is 0 Å². The third-order valence-electron chi connectivity index (χ3n) is 1.23. The summed E-state index contributed by atoms with van der Waals surface area (Å²) in [6, 6.07) is 0. The summed E-state index contributed by atoms with van der Waals surface area (Å²) in [5, 5.41) is 0. The Bertz CT molecular complexity index is 116. The molecule has 0 radical (unpaired) electrons. The number of hydrogen-bond donors (Lipinski definition) is 2. The van der Waals surface area contributed by atoms with Crippen LogP contribution in [0.5, 0.6) is 0 Å². The SMILES string of the molecule is CC(=O)OC(N)C(C)CN. The van der Waals surface area contributed by atoms with Crippen LogP contribution in [-0.4, -0.2) is 18.7 Å². The van der Waals surface area contributed by atoms with Crippen LogP contribution in [0.15, 0.2) is 0 Å². The molecule has 0 saturated heterocycles. The fourth-order valence-electron chi connectivity index (χ4n) is 0.442. The molecule has 0 aromatic rings. The lowest BCUT2D eigenvalue weighted by Crippen LogP contribution is -2.36. The van der Waals surface area contributed by atoms with Crippen molar-refractivity contribution in [1.82, 2.24) is 0 Å². The molecule has 0 aromatic heterocycles. The lowest BCUT2D eigenvalue weighted by atomic mass is 10.1. The molecule has 0 spiro atoms. The molecule has 2 unspecified atom stereocenters. The maximum Gasteiger partial charge on any atom is 0.304 e. The van der Waals surface area contributed by atoms with E-state index >= 15 is 0 Å². The predicted molar refractivity (Wildman–Crippen MR) is 38.0 cm³/mol. The van der Waals surface area contributed by atoms with Gasteiger partial charge in [-0.1, -0.05) is 6.92 Å². The zero-order chi connectivity index (χ0) is 8.15. The van der Waals surface area contributed by atoms with Crippen LogP contribution in [0, 0.1) is 5.92 Å². The maximum absolute atomic E-state index is 10.3. The maximum atomic E-state index is 10.3. The first-order chi connectivity index (χ1) is 4.57. The number of rotatable bonds is 3. The van der Waals surface area contributed by atoms with E-state index in [0.717, 1.165) is 0 Å². The van der Waals surface area contributed by atoms with Crippen LogP contribution in [0.3, 0.4) is 0 Å². The normalized spacial score (nSPS) is 16.0. The topological polar surface area (TPSA) is 78.3 Å². The van der Waals surface area contributed by atoms with Gasteiger partial charge in [-0.25, -0.2) is 0 Å². The Morgan fingerprint density at radius 1 is 1.70 bits per heavy atom. The van der Waals surface area contributed by atoms with E-state index in [4.69, 9.17) is 11.5 Å². The summed E-state index contributed by atoms with van der Waals surface area (Å²) in [6.45, 7) is 3.57. The van der Waals surface area contributed by atoms with Crippen LogP contribution in [0.2, 0.25) is 0 Å². The van der Waals surface area contributed by atoms with Crippen molar-refractivity contribution in [1.29, 1.82) is 0 Å².